The van der Waals surface area contributed by atoms with Gasteiger partial charge < -0.3 is 5.73 Å². The fourth-order valence-corrected chi connectivity index (χ4v) is 0.154. The molecule has 43 valence electrons. The van der Waals surface area contributed by atoms with Gasteiger partial charge in [0.1, 0.15) is 0 Å². The van der Waals surface area contributed by atoms with E-state index in [4.69, 9.17) is 0 Å². The molecule has 0 aromatic rings. The van der Waals surface area contributed by atoms with Gasteiger partial charge in [-0.3, -0.25) is 4.79 Å². The van der Waals surface area contributed by atoms with Crippen LogP contribution in [-0.2, 0) is 4.79 Å². The molecule has 2 N–H and O–H groups in total. The van der Waals surface area contributed by atoms with Crippen LogP contribution in [0.3, 0.4) is 0 Å². The van der Waals surface area contributed by atoms with E-state index in [0.29, 0.717) is 0 Å². The molecule has 0 atom stereocenters. The van der Waals surface area contributed by atoms with Crippen LogP contribution in [0, 0.1) is 0 Å². The van der Waals surface area contributed by atoms with E-state index in [1.165, 1.54) is 0 Å². The summed E-state index contributed by atoms with van der Waals surface area (Å²) in [5.74, 6) is -0.711. The molecule has 0 bridgehead atoms. The molecular weight excluding hydrogens is 108 g/mol. The SMILES string of the molecule is C=CC(=O)[N]C(N)=O. The number of amides is 3. The lowest BCUT2D eigenvalue weighted by atomic mass is 10.6. The van der Waals surface area contributed by atoms with Crippen molar-refractivity contribution >= 4 is 11.9 Å². The summed E-state index contributed by atoms with van der Waals surface area (Å²) in [4.78, 5) is 19.8. The summed E-state index contributed by atoms with van der Waals surface area (Å²) in [6.07, 6.45) is 0.908. The molecule has 0 fully saturated rings. The number of imide groups is 1. The summed E-state index contributed by atoms with van der Waals surface area (Å²) < 4.78 is 0. The molecule has 0 spiro atoms. The lowest BCUT2D eigenvalue weighted by Gasteiger charge is -1.84. The van der Waals surface area contributed by atoms with Crippen LogP contribution < -0.4 is 11.1 Å². The van der Waals surface area contributed by atoms with Gasteiger partial charge in [-0.15, -0.1) is 0 Å². The fraction of sp³-hybridized carbons (Fsp3) is 0. The second-order valence-corrected chi connectivity index (χ2v) is 0.992. The number of carbonyl (C=O) groups excluding carboxylic acids is 2. The van der Waals surface area contributed by atoms with Crippen molar-refractivity contribution in [1.82, 2.24) is 5.32 Å². The van der Waals surface area contributed by atoms with E-state index >= 15 is 0 Å². The highest BCUT2D eigenvalue weighted by molar-refractivity contribution is 5.98. The van der Waals surface area contributed by atoms with E-state index in [-0.39, 0.29) is 0 Å². The Balaban J connectivity index is 3.55. The molecule has 1 radical (unpaired) electrons. The molecule has 0 saturated heterocycles. The first-order valence-electron chi connectivity index (χ1n) is 1.84. The molecule has 0 aliphatic carbocycles. The summed E-state index contributed by atoms with van der Waals surface area (Å²) in [5, 5.41) is 2.78. The highest BCUT2D eigenvalue weighted by Crippen LogP contribution is 1.66. The van der Waals surface area contributed by atoms with Crippen molar-refractivity contribution < 1.29 is 9.59 Å². The molecule has 0 heterocycles. The third kappa shape index (κ3) is 2.89. The standard InChI is InChI=1S/C4H5N2O2/c1-2-3(7)6-4(5)8/h2H,1H2,(H2,5,8). The zero-order valence-corrected chi connectivity index (χ0v) is 4.13. The van der Waals surface area contributed by atoms with E-state index in [9.17, 15) is 9.59 Å². The first-order chi connectivity index (χ1) is 3.66. The molecule has 3 amide bonds. The first-order valence-corrected chi connectivity index (χ1v) is 1.84. The minimum Gasteiger partial charge on any atom is -0.350 e. The largest absolute Gasteiger partial charge is 0.350 e. The van der Waals surface area contributed by atoms with Crippen LogP contribution in [-0.4, -0.2) is 11.9 Å². The Labute approximate surface area is 46.4 Å². The Hall–Kier alpha value is -1.32. The van der Waals surface area contributed by atoms with Gasteiger partial charge in [-0.2, -0.15) is 5.32 Å². The van der Waals surface area contributed by atoms with Crippen LogP contribution in [0.4, 0.5) is 4.79 Å². The monoisotopic (exact) mass is 113 g/mol. The smallest absolute Gasteiger partial charge is 0.341 e. The molecule has 0 unspecified atom stereocenters. The average Bonchev–Trinajstić information content (AvgIpc) is 1.65. The minimum atomic E-state index is -0.991. The Morgan fingerprint density at radius 3 is 2.25 bits per heavy atom. The summed E-state index contributed by atoms with van der Waals surface area (Å²) in [7, 11) is 0. The maximum atomic E-state index is 10.0. The summed E-state index contributed by atoms with van der Waals surface area (Å²) in [6.45, 7) is 3.06. The Morgan fingerprint density at radius 1 is 1.62 bits per heavy atom. The molecule has 8 heavy (non-hydrogen) atoms. The number of carbonyl (C=O) groups is 2. The summed E-state index contributed by atoms with van der Waals surface area (Å²) >= 11 is 0. The van der Waals surface area contributed by atoms with E-state index in [1.807, 2.05) is 0 Å². The number of hydrogen-bond acceptors (Lipinski definition) is 2. The topological polar surface area (TPSA) is 74.3 Å². The summed E-state index contributed by atoms with van der Waals surface area (Å²) in [6, 6.07) is -0.991. The van der Waals surface area contributed by atoms with Crippen LogP contribution in [0.2, 0.25) is 0 Å². The van der Waals surface area contributed by atoms with Gasteiger partial charge >= 0.3 is 6.03 Å². The van der Waals surface area contributed by atoms with Gasteiger partial charge in [0.2, 0.25) is 0 Å². The van der Waals surface area contributed by atoms with Gasteiger partial charge in [-0.1, -0.05) is 6.58 Å². The molecule has 0 aromatic heterocycles. The second-order valence-electron chi connectivity index (χ2n) is 0.992. The van der Waals surface area contributed by atoms with Crippen molar-refractivity contribution in [3.8, 4) is 0 Å². The van der Waals surface area contributed by atoms with Crippen molar-refractivity contribution in [2.45, 2.75) is 0 Å². The van der Waals surface area contributed by atoms with Gasteiger partial charge in [-0.25, -0.2) is 4.79 Å². The minimum absolute atomic E-state index is 0.711. The summed E-state index contributed by atoms with van der Waals surface area (Å²) in [5.41, 5.74) is 4.49. The van der Waals surface area contributed by atoms with E-state index in [0.717, 1.165) is 6.08 Å². The number of rotatable bonds is 1. The van der Waals surface area contributed by atoms with Gasteiger partial charge in [0.25, 0.3) is 5.91 Å². The van der Waals surface area contributed by atoms with Gasteiger partial charge in [0.15, 0.2) is 0 Å². The predicted molar refractivity (Wildman–Crippen MR) is 26.9 cm³/mol. The number of nitrogens with two attached hydrogens (primary N) is 1. The van der Waals surface area contributed by atoms with Crippen molar-refractivity contribution in [3.05, 3.63) is 12.7 Å². The lowest BCUT2D eigenvalue weighted by molar-refractivity contribution is -0.115. The van der Waals surface area contributed by atoms with Crippen LogP contribution in [0.1, 0.15) is 0 Å². The first kappa shape index (κ1) is 6.68. The van der Waals surface area contributed by atoms with Crippen molar-refractivity contribution in [2.75, 3.05) is 0 Å². The van der Waals surface area contributed by atoms with Gasteiger partial charge in [0, 0.05) is 0 Å². The number of urea groups is 1. The predicted octanol–water partition coefficient (Wildman–Crippen LogP) is -0.618. The molecule has 0 rings (SSSR count). The zero-order chi connectivity index (χ0) is 6.57. The van der Waals surface area contributed by atoms with Crippen LogP contribution in [0.15, 0.2) is 12.7 Å². The average molecular weight is 113 g/mol. The lowest BCUT2D eigenvalue weighted by Crippen LogP contribution is -2.26. The zero-order valence-electron chi connectivity index (χ0n) is 4.13. The second kappa shape index (κ2) is 2.79. The maximum absolute atomic E-state index is 10.0. The number of nitrogens with zero attached hydrogens (tertiary/aromatic N) is 1. The van der Waals surface area contributed by atoms with E-state index in [1.54, 1.807) is 0 Å². The quantitative estimate of drug-likeness (QED) is 0.460. The van der Waals surface area contributed by atoms with Crippen molar-refractivity contribution in [3.63, 3.8) is 0 Å². The van der Waals surface area contributed by atoms with E-state index < -0.39 is 11.9 Å². The number of hydrogen-bond donors (Lipinski definition) is 1. The maximum Gasteiger partial charge on any atom is 0.341 e. The van der Waals surface area contributed by atoms with E-state index in [2.05, 4.69) is 17.6 Å². The van der Waals surface area contributed by atoms with Gasteiger partial charge in [-0.05, 0) is 6.08 Å². The normalized spacial score (nSPS) is 7.50. The Kier molecular flexibility index (Phi) is 2.33. The van der Waals surface area contributed by atoms with Crippen molar-refractivity contribution in [2.24, 2.45) is 5.73 Å². The number of primary amides is 1. The molecule has 4 heteroatoms. The third-order valence-electron chi connectivity index (χ3n) is 0.395. The van der Waals surface area contributed by atoms with Crippen LogP contribution in [0.5, 0.6) is 0 Å². The molecule has 0 aliphatic heterocycles. The molecule has 4 nitrogen and oxygen atoms in total. The fourth-order valence-electron chi connectivity index (χ4n) is 0.154. The van der Waals surface area contributed by atoms with Gasteiger partial charge in [0.05, 0.1) is 0 Å². The molecule has 0 aromatic carbocycles. The molecule has 0 saturated carbocycles. The molecule has 0 aliphatic rings. The Morgan fingerprint density at radius 2 is 2.12 bits per heavy atom. The molecular formula is C4H5N2O2. The van der Waals surface area contributed by atoms with Crippen LogP contribution in [0.25, 0.3) is 0 Å². The van der Waals surface area contributed by atoms with Crippen LogP contribution >= 0.6 is 0 Å². The third-order valence-corrected chi connectivity index (χ3v) is 0.395. The highest BCUT2D eigenvalue weighted by atomic mass is 16.2. The highest BCUT2D eigenvalue weighted by Gasteiger charge is 1.98. The van der Waals surface area contributed by atoms with Crippen molar-refractivity contribution in [1.29, 1.82) is 0 Å². The Bertz CT molecular complexity index is 130.